The molecule has 1 aliphatic rings. The highest BCUT2D eigenvalue weighted by molar-refractivity contribution is 6.01. The quantitative estimate of drug-likeness (QED) is 0.767. The summed E-state index contributed by atoms with van der Waals surface area (Å²) in [6.07, 6.45) is -0.371. The second-order valence-corrected chi connectivity index (χ2v) is 6.10. The first-order valence-corrected chi connectivity index (χ1v) is 8.10. The number of carbonyl (C=O) groups is 3. The summed E-state index contributed by atoms with van der Waals surface area (Å²) in [6, 6.07) is 11.5. The van der Waals surface area contributed by atoms with Crippen LogP contribution >= 0.6 is 0 Å². The van der Waals surface area contributed by atoms with Crippen molar-refractivity contribution in [2.75, 3.05) is 5.32 Å². The third kappa shape index (κ3) is 3.88. The van der Waals surface area contributed by atoms with Gasteiger partial charge in [0.25, 0.3) is 0 Å². The monoisotopic (exact) mass is 356 g/mol. The fraction of sp³-hybridized carbons (Fsp3) is 0.211. The van der Waals surface area contributed by atoms with Crippen LogP contribution in [-0.2, 0) is 14.4 Å². The van der Waals surface area contributed by atoms with Crippen LogP contribution < -0.4 is 10.6 Å². The van der Waals surface area contributed by atoms with Crippen molar-refractivity contribution < 1.29 is 23.9 Å². The van der Waals surface area contributed by atoms with Gasteiger partial charge in [0, 0.05) is 12.1 Å². The van der Waals surface area contributed by atoms with Gasteiger partial charge in [-0.25, -0.2) is 4.39 Å². The van der Waals surface area contributed by atoms with E-state index in [1.165, 1.54) is 24.3 Å². The molecule has 2 unspecified atom stereocenters. The molecule has 0 aromatic heterocycles. The highest BCUT2D eigenvalue weighted by atomic mass is 19.1. The van der Waals surface area contributed by atoms with Crippen LogP contribution in [0.5, 0.6) is 0 Å². The molecule has 0 fully saturated rings. The van der Waals surface area contributed by atoms with E-state index >= 15 is 0 Å². The summed E-state index contributed by atoms with van der Waals surface area (Å²) in [5.74, 6) is -2.98. The molecule has 1 aliphatic heterocycles. The molecule has 0 saturated carbocycles. The number of carboxylic acid groups (broad SMARTS) is 1. The summed E-state index contributed by atoms with van der Waals surface area (Å²) < 4.78 is 13.1. The zero-order valence-electron chi connectivity index (χ0n) is 13.7. The molecule has 134 valence electrons. The molecule has 7 heteroatoms. The fourth-order valence-electron chi connectivity index (χ4n) is 3.04. The number of para-hydroxylation sites is 1. The van der Waals surface area contributed by atoms with Crippen molar-refractivity contribution in [3.8, 4) is 0 Å². The molecular formula is C19H17FN2O4. The lowest BCUT2D eigenvalue weighted by atomic mass is 9.89. The van der Waals surface area contributed by atoms with Crippen molar-refractivity contribution in [3.05, 3.63) is 65.5 Å². The molecule has 3 rings (SSSR count). The zero-order valence-corrected chi connectivity index (χ0v) is 13.7. The van der Waals surface area contributed by atoms with E-state index in [-0.39, 0.29) is 18.7 Å². The van der Waals surface area contributed by atoms with Crippen molar-refractivity contribution in [3.63, 3.8) is 0 Å². The SMILES string of the molecule is O=C(O)CC(NC(=O)C1CC(=O)Nc2ccccc21)c1ccc(F)cc1. The summed E-state index contributed by atoms with van der Waals surface area (Å²) in [4.78, 5) is 35.8. The minimum atomic E-state index is -1.10. The first-order valence-electron chi connectivity index (χ1n) is 8.10. The van der Waals surface area contributed by atoms with Gasteiger partial charge in [0.1, 0.15) is 5.82 Å². The number of carbonyl (C=O) groups excluding carboxylic acids is 2. The van der Waals surface area contributed by atoms with Gasteiger partial charge in [-0.05, 0) is 29.3 Å². The number of carboxylic acids is 1. The van der Waals surface area contributed by atoms with Gasteiger partial charge < -0.3 is 15.7 Å². The van der Waals surface area contributed by atoms with E-state index in [9.17, 15) is 18.8 Å². The number of aliphatic carboxylic acids is 1. The van der Waals surface area contributed by atoms with Crippen LogP contribution in [-0.4, -0.2) is 22.9 Å². The third-order valence-corrected chi connectivity index (χ3v) is 4.28. The Morgan fingerprint density at radius 3 is 2.58 bits per heavy atom. The van der Waals surface area contributed by atoms with Crippen molar-refractivity contribution in [1.82, 2.24) is 5.32 Å². The van der Waals surface area contributed by atoms with Crippen molar-refractivity contribution in [2.45, 2.75) is 24.8 Å². The van der Waals surface area contributed by atoms with Crippen molar-refractivity contribution in [2.24, 2.45) is 0 Å². The van der Waals surface area contributed by atoms with Gasteiger partial charge in [-0.3, -0.25) is 14.4 Å². The lowest BCUT2D eigenvalue weighted by molar-refractivity contribution is -0.138. The van der Waals surface area contributed by atoms with Gasteiger partial charge in [0.15, 0.2) is 0 Å². The summed E-state index contributed by atoms with van der Waals surface area (Å²) in [6.45, 7) is 0. The number of benzene rings is 2. The van der Waals surface area contributed by atoms with Crippen molar-refractivity contribution in [1.29, 1.82) is 0 Å². The van der Waals surface area contributed by atoms with E-state index in [1.54, 1.807) is 24.3 Å². The molecule has 2 aromatic rings. The lowest BCUT2D eigenvalue weighted by Crippen LogP contribution is -2.37. The molecule has 1 heterocycles. The van der Waals surface area contributed by atoms with E-state index < -0.39 is 29.7 Å². The highest BCUT2D eigenvalue weighted by Crippen LogP contribution is 2.32. The van der Waals surface area contributed by atoms with Crippen LogP contribution in [0.3, 0.4) is 0 Å². The number of anilines is 1. The number of amides is 2. The standard InChI is InChI=1S/C19H17FN2O4/c20-12-7-5-11(6-8-12)16(10-18(24)25)22-19(26)14-9-17(23)21-15-4-2-1-3-13(14)15/h1-8,14,16H,9-10H2,(H,21,23)(H,22,26)(H,24,25). The highest BCUT2D eigenvalue weighted by Gasteiger charge is 2.32. The van der Waals surface area contributed by atoms with Gasteiger partial charge in [-0.1, -0.05) is 30.3 Å². The van der Waals surface area contributed by atoms with Gasteiger partial charge in [-0.2, -0.15) is 0 Å². The average molecular weight is 356 g/mol. The van der Waals surface area contributed by atoms with E-state index in [2.05, 4.69) is 10.6 Å². The topological polar surface area (TPSA) is 95.5 Å². The molecule has 0 aliphatic carbocycles. The summed E-state index contributed by atoms with van der Waals surface area (Å²) in [7, 11) is 0. The molecule has 2 atom stereocenters. The van der Waals surface area contributed by atoms with Crippen LogP contribution in [0, 0.1) is 5.82 Å². The molecule has 3 N–H and O–H groups in total. The van der Waals surface area contributed by atoms with Crippen LogP contribution in [0.1, 0.15) is 35.9 Å². The van der Waals surface area contributed by atoms with Crippen LogP contribution in [0.15, 0.2) is 48.5 Å². The third-order valence-electron chi connectivity index (χ3n) is 4.28. The number of nitrogens with one attached hydrogen (secondary N) is 2. The second kappa shape index (κ2) is 7.35. The Morgan fingerprint density at radius 1 is 1.19 bits per heavy atom. The Hall–Kier alpha value is -3.22. The van der Waals surface area contributed by atoms with Crippen LogP contribution in [0.2, 0.25) is 0 Å². The predicted molar refractivity (Wildman–Crippen MR) is 92.0 cm³/mol. The Kier molecular flexibility index (Phi) is 4.97. The Labute approximate surface area is 149 Å². The minimum absolute atomic E-state index is 0.0218. The van der Waals surface area contributed by atoms with Gasteiger partial charge >= 0.3 is 5.97 Å². The molecular weight excluding hydrogens is 339 g/mol. The van der Waals surface area contributed by atoms with E-state index in [1.807, 2.05) is 0 Å². The first kappa shape index (κ1) is 17.6. The van der Waals surface area contributed by atoms with E-state index in [0.29, 0.717) is 16.8 Å². The minimum Gasteiger partial charge on any atom is -0.481 e. The maximum absolute atomic E-state index is 13.1. The summed E-state index contributed by atoms with van der Waals surface area (Å²) in [5, 5.41) is 14.5. The molecule has 26 heavy (non-hydrogen) atoms. The molecule has 0 radical (unpaired) electrons. The molecule has 2 amide bonds. The molecule has 2 aromatic carbocycles. The van der Waals surface area contributed by atoms with Crippen LogP contribution in [0.25, 0.3) is 0 Å². The largest absolute Gasteiger partial charge is 0.481 e. The fourth-order valence-corrected chi connectivity index (χ4v) is 3.04. The number of hydrogen-bond acceptors (Lipinski definition) is 3. The Bertz CT molecular complexity index is 851. The smallest absolute Gasteiger partial charge is 0.305 e. The van der Waals surface area contributed by atoms with Gasteiger partial charge in [-0.15, -0.1) is 0 Å². The molecule has 0 bridgehead atoms. The summed E-state index contributed by atoms with van der Waals surface area (Å²) in [5.41, 5.74) is 1.73. The number of rotatable bonds is 5. The maximum atomic E-state index is 13.1. The Morgan fingerprint density at radius 2 is 1.88 bits per heavy atom. The molecule has 6 nitrogen and oxygen atoms in total. The number of hydrogen-bond donors (Lipinski definition) is 3. The van der Waals surface area contributed by atoms with Crippen molar-refractivity contribution >= 4 is 23.5 Å². The summed E-state index contributed by atoms with van der Waals surface area (Å²) >= 11 is 0. The first-order chi connectivity index (χ1) is 12.4. The molecule has 0 spiro atoms. The van der Waals surface area contributed by atoms with Gasteiger partial charge in [0.05, 0.1) is 18.4 Å². The predicted octanol–water partition coefficient (Wildman–Crippen LogP) is 2.58. The van der Waals surface area contributed by atoms with Crippen LogP contribution in [0.4, 0.5) is 10.1 Å². The average Bonchev–Trinajstić information content (AvgIpc) is 2.60. The number of fused-ring (bicyclic) bond motifs is 1. The Balaban J connectivity index is 1.85. The van der Waals surface area contributed by atoms with E-state index in [0.717, 1.165) is 0 Å². The lowest BCUT2D eigenvalue weighted by Gasteiger charge is -2.27. The van der Waals surface area contributed by atoms with E-state index in [4.69, 9.17) is 5.11 Å². The normalized spacial score (nSPS) is 17.0. The second-order valence-electron chi connectivity index (χ2n) is 6.10. The number of halogens is 1. The maximum Gasteiger partial charge on any atom is 0.305 e. The zero-order chi connectivity index (χ0) is 18.7. The van der Waals surface area contributed by atoms with Gasteiger partial charge in [0.2, 0.25) is 11.8 Å². The molecule has 0 saturated heterocycles.